The first kappa shape index (κ1) is 22.9. The summed E-state index contributed by atoms with van der Waals surface area (Å²) in [4.78, 5) is 27.3. The molecule has 2 aromatic rings. The maximum atomic E-state index is 12.1. The van der Waals surface area contributed by atoms with Gasteiger partial charge in [-0.2, -0.15) is 9.97 Å². The van der Waals surface area contributed by atoms with E-state index in [9.17, 15) is 13.2 Å². The number of morpholine rings is 1. The molecule has 2 N–H and O–H groups in total. The predicted molar refractivity (Wildman–Crippen MR) is 119 cm³/mol. The summed E-state index contributed by atoms with van der Waals surface area (Å²) in [5.74, 6) is 0.729. The third kappa shape index (κ3) is 7.14. The number of sulfone groups is 1. The van der Waals surface area contributed by atoms with Gasteiger partial charge in [0.1, 0.15) is 11.6 Å². The molecule has 1 aliphatic rings. The number of carbonyl (C=O) groups is 1. The lowest BCUT2D eigenvalue weighted by Gasteiger charge is -2.27. The number of amides is 2. The Bertz CT molecular complexity index is 1030. The molecule has 0 aliphatic carbocycles. The van der Waals surface area contributed by atoms with Crippen LogP contribution in [0.25, 0.3) is 11.4 Å². The normalized spacial score (nSPS) is 14.9. The number of nitrogens with zero attached hydrogens (tertiary/aromatic N) is 4. The van der Waals surface area contributed by atoms with Crippen LogP contribution < -0.4 is 15.5 Å². The van der Waals surface area contributed by atoms with Crippen LogP contribution in [0, 0.1) is 0 Å². The first-order valence-electron chi connectivity index (χ1n) is 9.93. The van der Waals surface area contributed by atoms with Crippen molar-refractivity contribution in [1.82, 2.24) is 20.3 Å². The molecule has 0 saturated carbocycles. The zero-order valence-corrected chi connectivity index (χ0v) is 19.0. The number of ether oxygens (including phenoxy) is 1. The Hall–Kier alpha value is -2.79. The molecule has 0 spiro atoms. The van der Waals surface area contributed by atoms with Crippen molar-refractivity contribution in [3.8, 4) is 11.4 Å². The third-order valence-corrected chi connectivity index (χ3v) is 5.03. The molecule has 1 aliphatic heterocycles. The van der Waals surface area contributed by atoms with E-state index in [1.165, 1.54) is 0 Å². The number of anilines is 2. The first-order valence-corrected chi connectivity index (χ1v) is 12.0. The van der Waals surface area contributed by atoms with Gasteiger partial charge in [0.05, 0.1) is 13.2 Å². The molecule has 0 bridgehead atoms. The van der Waals surface area contributed by atoms with Crippen molar-refractivity contribution in [3.63, 3.8) is 0 Å². The summed E-state index contributed by atoms with van der Waals surface area (Å²) in [5.41, 5.74) is 0.957. The van der Waals surface area contributed by atoms with Gasteiger partial charge in [0.25, 0.3) is 0 Å². The molecule has 1 saturated heterocycles. The summed E-state index contributed by atoms with van der Waals surface area (Å²) in [5, 5.41) is 5.61. The average molecular weight is 449 g/mol. The van der Waals surface area contributed by atoms with E-state index in [1.54, 1.807) is 24.3 Å². The van der Waals surface area contributed by atoms with Crippen LogP contribution in [0.1, 0.15) is 26.6 Å². The SMILES string of the molecule is CC(C)(C)NC(=O)Nc1ccc(-c2nc(CS(C)(=O)=O)nc(N3CCOCC3)n2)cc1. The highest BCUT2D eigenvalue weighted by Gasteiger charge is 2.19. The van der Waals surface area contributed by atoms with Gasteiger partial charge in [-0.1, -0.05) is 0 Å². The fourth-order valence-electron chi connectivity index (χ4n) is 2.95. The van der Waals surface area contributed by atoms with Crippen molar-refractivity contribution in [2.75, 3.05) is 42.8 Å². The van der Waals surface area contributed by atoms with Gasteiger partial charge in [-0.15, -0.1) is 0 Å². The maximum absolute atomic E-state index is 12.1. The van der Waals surface area contributed by atoms with Crippen molar-refractivity contribution in [3.05, 3.63) is 30.1 Å². The lowest BCUT2D eigenvalue weighted by atomic mass is 10.1. The summed E-state index contributed by atoms with van der Waals surface area (Å²) in [7, 11) is -3.31. The largest absolute Gasteiger partial charge is 0.378 e. The predicted octanol–water partition coefficient (Wildman–Crippen LogP) is 1.84. The van der Waals surface area contributed by atoms with Crippen LogP contribution in [0.2, 0.25) is 0 Å². The van der Waals surface area contributed by atoms with Crippen molar-refractivity contribution in [2.45, 2.75) is 32.1 Å². The molecular weight excluding hydrogens is 420 g/mol. The summed E-state index contributed by atoms with van der Waals surface area (Å²) in [6.07, 6.45) is 1.15. The lowest BCUT2D eigenvalue weighted by molar-refractivity contribution is 0.122. The van der Waals surface area contributed by atoms with Gasteiger partial charge < -0.3 is 20.3 Å². The van der Waals surface area contributed by atoms with Crippen molar-refractivity contribution in [1.29, 1.82) is 0 Å². The molecule has 31 heavy (non-hydrogen) atoms. The van der Waals surface area contributed by atoms with E-state index in [2.05, 4.69) is 25.6 Å². The lowest BCUT2D eigenvalue weighted by Crippen LogP contribution is -2.43. The number of urea groups is 1. The molecular formula is C20H28N6O4S. The van der Waals surface area contributed by atoms with Gasteiger partial charge in [0.2, 0.25) is 5.95 Å². The number of carbonyl (C=O) groups excluding carboxylic acids is 1. The van der Waals surface area contributed by atoms with Gasteiger partial charge in [-0.25, -0.2) is 18.2 Å². The van der Waals surface area contributed by atoms with E-state index in [0.717, 1.165) is 6.26 Å². The second-order valence-corrected chi connectivity index (χ2v) is 10.6. The fourth-order valence-corrected chi connectivity index (χ4v) is 3.54. The molecule has 11 heteroatoms. The van der Waals surface area contributed by atoms with E-state index < -0.39 is 9.84 Å². The minimum absolute atomic E-state index is 0.195. The molecule has 10 nitrogen and oxygen atoms in total. The highest BCUT2D eigenvalue weighted by Crippen LogP contribution is 2.21. The second-order valence-electron chi connectivity index (χ2n) is 8.45. The van der Waals surface area contributed by atoms with Gasteiger partial charge in [0, 0.05) is 36.1 Å². The molecule has 1 fully saturated rings. The quantitative estimate of drug-likeness (QED) is 0.709. The summed E-state index contributed by atoms with van der Waals surface area (Å²) < 4.78 is 29.0. The second kappa shape index (κ2) is 9.15. The van der Waals surface area contributed by atoms with Crippen molar-refractivity contribution >= 4 is 27.5 Å². The number of benzene rings is 1. The molecule has 2 heterocycles. The van der Waals surface area contributed by atoms with Crippen LogP contribution in [0.4, 0.5) is 16.4 Å². The molecule has 1 aromatic heterocycles. The minimum atomic E-state index is -3.31. The van der Waals surface area contributed by atoms with Crippen LogP contribution >= 0.6 is 0 Å². The van der Waals surface area contributed by atoms with E-state index in [-0.39, 0.29) is 23.1 Å². The third-order valence-electron chi connectivity index (χ3n) is 4.24. The number of hydrogen-bond acceptors (Lipinski definition) is 8. The van der Waals surface area contributed by atoms with E-state index in [1.807, 2.05) is 25.7 Å². The Balaban J connectivity index is 1.86. The van der Waals surface area contributed by atoms with Crippen molar-refractivity contribution < 1.29 is 17.9 Å². The molecule has 0 unspecified atom stereocenters. The highest BCUT2D eigenvalue weighted by molar-refractivity contribution is 7.89. The number of hydrogen-bond donors (Lipinski definition) is 2. The Labute approximate surface area is 182 Å². The molecule has 1 aromatic carbocycles. The molecule has 0 atom stereocenters. The summed E-state index contributed by atoms with van der Waals surface area (Å²) >= 11 is 0. The molecule has 3 rings (SSSR count). The minimum Gasteiger partial charge on any atom is -0.378 e. The number of rotatable bonds is 5. The van der Waals surface area contributed by atoms with Crippen LogP contribution in [-0.2, 0) is 20.3 Å². The molecule has 2 amide bonds. The summed E-state index contributed by atoms with van der Waals surface area (Å²) in [6, 6.07) is 6.73. The fraction of sp³-hybridized carbons (Fsp3) is 0.500. The maximum Gasteiger partial charge on any atom is 0.319 e. The van der Waals surface area contributed by atoms with Crippen LogP contribution in [0.5, 0.6) is 0 Å². The number of nitrogens with one attached hydrogen (secondary N) is 2. The number of aromatic nitrogens is 3. The summed E-state index contributed by atoms with van der Waals surface area (Å²) in [6.45, 7) is 8.05. The Morgan fingerprint density at radius 2 is 1.74 bits per heavy atom. The average Bonchev–Trinajstić information content (AvgIpc) is 2.66. The Morgan fingerprint density at radius 3 is 2.32 bits per heavy atom. The van der Waals surface area contributed by atoms with E-state index in [4.69, 9.17) is 4.74 Å². The Morgan fingerprint density at radius 1 is 1.10 bits per heavy atom. The zero-order chi connectivity index (χ0) is 22.6. The molecule has 0 radical (unpaired) electrons. The van der Waals surface area contributed by atoms with E-state index in [0.29, 0.717) is 49.3 Å². The van der Waals surface area contributed by atoms with Crippen LogP contribution in [-0.4, -0.2) is 67.5 Å². The standard InChI is InChI=1S/C20H28N6O4S/c1-20(2,3)25-19(27)21-15-7-5-14(6-8-15)17-22-16(13-31(4,28)29)23-18(24-17)26-9-11-30-12-10-26/h5-8H,9-13H2,1-4H3,(H2,21,25,27). The van der Waals surface area contributed by atoms with Crippen molar-refractivity contribution in [2.24, 2.45) is 0 Å². The van der Waals surface area contributed by atoms with Crippen LogP contribution in [0.3, 0.4) is 0 Å². The Kier molecular flexibility index (Phi) is 6.75. The van der Waals surface area contributed by atoms with Gasteiger partial charge >= 0.3 is 6.03 Å². The highest BCUT2D eigenvalue weighted by atomic mass is 32.2. The monoisotopic (exact) mass is 448 g/mol. The molecule has 168 valence electrons. The van der Waals surface area contributed by atoms with Gasteiger partial charge in [-0.05, 0) is 45.0 Å². The van der Waals surface area contributed by atoms with Gasteiger partial charge in [0.15, 0.2) is 15.7 Å². The topological polar surface area (TPSA) is 126 Å². The van der Waals surface area contributed by atoms with E-state index >= 15 is 0 Å². The van der Waals surface area contributed by atoms with Crippen LogP contribution in [0.15, 0.2) is 24.3 Å². The smallest absolute Gasteiger partial charge is 0.319 e. The first-order chi connectivity index (χ1) is 14.5. The van der Waals surface area contributed by atoms with Gasteiger partial charge in [-0.3, -0.25) is 0 Å². The zero-order valence-electron chi connectivity index (χ0n) is 18.2.